The van der Waals surface area contributed by atoms with Gasteiger partial charge in [0, 0.05) is 24.0 Å². The highest BCUT2D eigenvalue weighted by Gasteiger charge is 2.14. The lowest BCUT2D eigenvalue weighted by molar-refractivity contribution is -0.116. The molecule has 1 aliphatic rings. The SMILES string of the molecule is O=C(CCC1CCCCN1)Nc1cnns1. The molecule has 0 aliphatic carbocycles. The summed E-state index contributed by atoms with van der Waals surface area (Å²) in [6.45, 7) is 1.09. The fourth-order valence-electron chi connectivity index (χ4n) is 1.90. The summed E-state index contributed by atoms with van der Waals surface area (Å²) in [6, 6.07) is 0.513. The van der Waals surface area contributed by atoms with Crippen molar-refractivity contribution >= 4 is 22.4 Å². The molecule has 0 radical (unpaired) electrons. The van der Waals surface area contributed by atoms with Gasteiger partial charge in [0.15, 0.2) is 0 Å². The Bertz CT molecular complexity index is 322. The van der Waals surface area contributed by atoms with E-state index in [4.69, 9.17) is 0 Å². The van der Waals surface area contributed by atoms with Gasteiger partial charge in [-0.25, -0.2) is 0 Å². The first-order valence-corrected chi connectivity index (χ1v) is 6.42. The maximum absolute atomic E-state index is 11.6. The molecule has 1 atom stereocenters. The molecule has 1 aliphatic heterocycles. The van der Waals surface area contributed by atoms with Crippen molar-refractivity contribution in [3.05, 3.63) is 6.20 Å². The molecule has 0 spiro atoms. The predicted molar refractivity (Wildman–Crippen MR) is 63.4 cm³/mol. The van der Waals surface area contributed by atoms with Crippen LogP contribution in [-0.2, 0) is 4.79 Å². The van der Waals surface area contributed by atoms with Crippen LogP contribution in [0.1, 0.15) is 32.1 Å². The summed E-state index contributed by atoms with van der Waals surface area (Å²) in [7, 11) is 0. The van der Waals surface area contributed by atoms with Crippen molar-refractivity contribution in [3.8, 4) is 0 Å². The maximum Gasteiger partial charge on any atom is 0.225 e. The number of hydrogen-bond donors (Lipinski definition) is 2. The first-order valence-electron chi connectivity index (χ1n) is 5.65. The van der Waals surface area contributed by atoms with E-state index in [1.54, 1.807) is 6.20 Å². The van der Waals surface area contributed by atoms with Gasteiger partial charge in [-0.2, -0.15) is 0 Å². The summed E-state index contributed by atoms with van der Waals surface area (Å²) in [5.41, 5.74) is 0. The molecule has 2 rings (SSSR count). The number of amides is 1. The Hall–Kier alpha value is -1.01. The third-order valence-corrected chi connectivity index (χ3v) is 3.34. The van der Waals surface area contributed by atoms with E-state index in [-0.39, 0.29) is 5.91 Å². The monoisotopic (exact) mass is 240 g/mol. The van der Waals surface area contributed by atoms with Crippen molar-refractivity contribution in [2.45, 2.75) is 38.1 Å². The highest BCUT2D eigenvalue weighted by atomic mass is 32.1. The van der Waals surface area contributed by atoms with Gasteiger partial charge in [0.05, 0.1) is 6.20 Å². The predicted octanol–water partition coefficient (Wildman–Crippen LogP) is 1.40. The van der Waals surface area contributed by atoms with Crippen molar-refractivity contribution in [2.75, 3.05) is 11.9 Å². The molecule has 88 valence electrons. The van der Waals surface area contributed by atoms with Crippen LogP contribution in [0.3, 0.4) is 0 Å². The second-order valence-corrected chi connectivity index (χ2v) is 4.80. The standard InChI is InChI=1S/C10H16N4OS/c15-9(13-10-7-12-14-16-10)5-4-8-3-1-2-6-11-8/h7-8,11H,1-6H2,(H,13,15). The summed E-state index contributed by atoms with van der Waals surface area (Å²) in [4.78, 5) is 11.6. The number of aromatic nitrogens is 2. The zero-order valence-corrected chi connectivity index (χ0v) is 9.92. The van der Waals surface area contributed by atoms with Crippen molar-refractivity contribution in [1.82, 2.24) is 14.9 Å². The van der Waals surface area contributed by atoms with Crippen molar-refractivity contribution in [2.24, 2.45) is 0 Å². The molecular weight excluding hydrogens is 224 g/mol. The Balaban J connectivity index is 1.67. The molecule has 0 bridgehead atoms. The van der Waals surface area contributed by atoms with E-state index in [9.17, 15) is 4.79 Å². The van der Waals surface area contributed by atoms with Crippen LogP contribution in [0, 0.1) is 0 Å². The quantitative estimate of drug-likeness (QED) is 0.835. The Labute approximate surface area is 98.8 Å². The minimum Gasteiger partial charge on any atom is -0.315 e. The third-order valence-electron chi connectivity index (χ3n) is 2.76. The molecule has 1 aromatic rings. The molecule has 5 nitrogen and oxygen atoms in total. The molecule has 6 heteroatoms. The fourth-order valence-corrected chi connectivity index (χ4v) is 2.33. The molecule has 2 heterocycles. The number of nitrogens with one attached hydrogen (secondary N) is 2. The topological polar surface area (TPSA) is 66.9 Å². The van der Waals surface area contributed by atoms with E-state index in [0.29, 0.717) is 12.5 Å². The van der Waals surface area contributed by atoms with Crippen LogP contribution in [0.5, 0.6) is 0 Å². The number of piperidine rings is 1. The van der Waals surface area contributed by atoms with Gasteiger partial charge in [0.1, 0.15) is 5.00 Å². The van der Waals surface area contributed by atoms with Crippen molar-refractivity contribution < 1.29 is 4.79 Å². The van der Waals surface area contributed by atoms with Gasteiger partial charge >= 0.3 is 0 Å². The summed E-state index contributed by atoms with van der Waals surface area (Å²) >= 11 is 1.20. The van der Waals surface area contributed by atoms with Crippen LogP contribution in [0.4, 0.5) is 5.00 Å². The summed E-state index contributed by atoms with van der Waals surface area (Å²) < 4.78 is 3.69. The van der Waals surface area contributed by atoms with Gasteiger partial charge in [-0.1, -0.05) is 10.9 Å². The molecule has 1 aromatic heterocycles. The van der Waals surface area contributed by atoms with Gasteiger partial charge in [0.25, 0.3) is 0 Å². The molecule has 0 saturated carbocycles. The lowest BCUT2D eigenvalue weighted by Gasteiger charge is -2.22. The van der Waals surface area contributed by atoms with Gasteiger partial charge in [-0.3, -0.25) is 4.79 Å². The Morgan fingerprint density at radius 2 is 2.56 bits per heavy atom. The molecule has 16 heavy (non-hydrogen) atoms. The summed E-state index contributed by atoms with van der Waals surface area (Å²) in [6.07, 6.45) is 6.78. The van der Waals surface area contributed by atoms with Crippen LogP contribution in [0.25, 0.3) is 0 Å². The fraction of sp³-hybridized carbons (Fsp3) is 0.700. The molecule has 2 N–H and O–H groups in total. The Morgan fingerprint density at radius 3 is 3.25 bits per heavy atom. The van der Waals surface area contributed by atoms with E-state index < -0.39 is 0 Å². The number of nitrogens with zero attached hydrogens (tertiary/aromatic N) is 2. The van der Waals surface area contributed by atoms with Crippen molar-refractivity contribution in [3.63, 3.8) is 0 Å². The number of carbonyl (C=O) groups excluding carboxylic acids is 1. The van der Waals surface area contributed by atoms with E-state index in [1.165, 1.54) is 30.8 Å². The van der Waals surface area contributed by atoms with E-state index >= 15 is 0 Å². The highest BCUT2D eigenvalue weighted by Crippen LogP contribution is 2.13. The van der Waals surface area contributed by atoms with Crippen LogP contribution >= 0.6 is 11.5 Å². The first kappa shape index (κ1) is 11.5. The Morgan fingerprint density at radius 1 is 1.62 bits per heavy atom. The van der Waals surface area contributed by atoms with Gasteiger partial charge in [-0.15, -0.1) is 5.10 Å². The van der Waals surface area contributed by atoms with E-state index in [2.05, 4.69) is 20.2 Å². The molecule has 1 unspecified atom stereocenters. The average molecular weight is 240 g/mol. The maximum atomic E-state index is 11.6. The van der Waals surface area contributed by atoms with Crippen LogP contribution in [0.2, 0.25) is 0 Å². The van der Waals surface area contributed by atoms with Gasteiger partial charge in [-0.05, 0) is 25.8 Å². The number of anilines is 1. The van der Waals surface area contributed by atoms with E-state index in [0.717, 1.165) is 18.0 Å². The van der Waals surface area contributed by atoms with E-state index in [1.807, 2.05) is 0 Å². The second kappa shape index (κ2) is 5.91. The summed E-state index contributed by atoms with van der Waals surface area (Å²) in [5.74, 6) is 0.0541. The molecule has 0 aromatic carbocycles. The van der Waals surface area contributed by atoms with Crippen LogP contribution < -0.4 is 10.6 Å². The minimum absolute atomic E-state index is 0.0541. The van der Waals surface area contributed by atoms with Gasteiger partial charge < -0.3 is 10.6 Å². The minimum atomic E-state index is 0.0541. The zero-order valence-electron chi connectivity index (χ0n) is 9.11. The lowest BCUT2D eigenvalue weighted by Crippen LogP contribution is -2.34. The number of hydrogen-bond acceptors (Lipinski definition) is 5. The molecule has 1 amide bonds. The normalized spacial score (nSPS) is 20.6. The lowest BCUT2D eigenvalue weighted by atomic mass is 10.0. The average Bonchev–Trinajstić information content (AvgIpc) is 2.81. The number of carbonyl (C=O) groups is 1. The highest BCUT2D eigenvalue weighted by molar-refractivity contribution is 7.10. The Kier molecular flexibility index (Phi) is 4.24. The summed E-state index contributed by atoms with van der Waals surface area (Å²) in [5, 5.41) is 10.6. The zero-order chi connectivity index (χ0) is 11.2. The van der Waals surface area contributed by atoms with Crippen LogP contribution in [0.15, 0.2) is 6.20 Å². The smallest absolute Gasteiger partial charge is 0.225 e. The third kappa shape index (κ3) is 3.53. The second-order valence-electron chi connectivity index (χ2n) is 4.02. The molecule has 1 saturated heterocycles. The van der Waals surface area contributed by atoms with Crippen molar-refractivity contribution in [1.29, 1.82) is 0 Å². The number of rotatable bonds is 4. The van der Waals surface area contributed by atoms with Crippen LogP contribution in [-0.4, -0.2) is 28.1 Å². The largest absolute Gasteiger partial charge is 0.315 e. The molecular formula is C10H16N4OS. The first-order chi connectivity index (χ1) is 7.84. The van der Waals surface area contributed by atoms with Gasteiger partial charge in [0.2, 0.25) is 5.91 Å². The molecule has 1 fully saturated rings.